The minimum absolute atomic E-state index is 0.0101. The van der Waals surface area contributed by atoms with E-state index in [9.17, 15) is 13.2 Å². The summed E-state index contributed by atoms with van der Waals surface area (Å²) in [6.07, 6.45) is 3.46. The summed E-state index contributed by atoms with van der Waals surface area (Å²) in [5.74, 6) is 0.0673. The first-order valence-electron chi connectivity index (χ1n) is 9.66. The molecule has 1 saturated heterocycles. The topological polar surface area (TPSA) is 75.7 Å². The fourth-order valence-corrected chi connectivity index (χ4v) is 5.66. The van der Waals surface area contributed by atoms with E-state index in [2.05, 4.69) is 20.7 Å². The lowest BCUT2D eigenvalue weighted by Crippen LogP contribution is -2.31. The first kappa shape index (κ1) is 20.4. The fraction of sp³-hybridized carbons (Fsp3) is 0.381. The van der Waals surface area contributed by atoms with Crippen molar-refractivity contribution >= 4 is 31.9 Å². The van der Waals surface area contributed by atoms with E-state index >= 15 is 0 Å². The van der Waals surface area contributed by atoms with Crippen LogP contribution in [0.4, 0.5) is 0 Å². The molecule has 2 fully saturated rings. The number of amides is 1. The maximum atomic E-state index is 13.3. The Labute approximate surface area is 179 Å². The number of carbonyl (C=O) groups is 1. The number of sulfonamides is 1. The van der Waals surface area contributed by atoms with Gasteiger partial charge in [-0.05, 0) is 61.6 Å². The molecule has 0 radical (unpaired) electrons. The van der Waals surface area contributed by atoms with E-state index < -0.39 is 10.0 Å². The number of hydrogen-bond acceptors (Lipinski definition) is 4. The summed E-state index contributed by atoms with van der Waals surface area (Å²) in [6.45, 7) is 0.643. The van der Waals surface area contributed by atoms with Crippen molar-refractivity contribution in [2.45, 2.75) is 42.7 Å². The van der Waals surface area contributed by atoms with Crippen molar-refractivity contribution in [2.75, 3.05) is 13.7 Å². The van der Waals surface area contributed by atoms with Gasteiger partial charge in [-0.25, -0.2) is 13.1 Å². The molecule has 1 atom stereocenters. The highest BCUT2D eigenvalue weighted by molar-refractivity contribution is 9.10. The minimum Gasteiger partial charge on any atom is -0.495 e. The highest BCUT2D eigenvalue weighted by atomic mass is 79.9. The molecule has 1 N–H and O–H groups in total. The highest BCUT2D eigenvalue weighted by Crippen LogP contribution is 2.35. The molecule has 8 heteroatoms. The number of halogens is 1. The Morgan fingerprint density at radius 1 is 1.17 bits per heavy atom. The third-order valence-corrected chi connectivity index (χ3v) is 7.38. The van der Waals surface area contributed by atoms with Crippen molar-refractivity contribution in [2.24, 2.45) is 0 Å². The van der Waals surface area contributed by atoms with Gasteiger partial charge in [-0.15, -0.1) is 0 Å². The molecule has 1 unspecified atom stereocenters. The number of methoxy groups -OCH3 is 1. The first-order valence-corrected chi connectivity index (χ1v) is 11.9. The van der Waals surface area contributed by atoms with Crippen molar-refractivity contribution in [1.82, 2.24) is 9.62 Å². The predicted molar refractivity (Wildman–Crippen MR) is 113 cm³/mol. The summed E-state index contributed by atoms with van der Waals surface area (Å²) in [7, 11) is -2.32. The second-order valence-corrected chi connectivity index (χ2v) is 10.1. The molecule has 2 aromatic rings. The zero-order valence-electron chi connectivity index (χ0n) is 16.1. The molecule has 4 rings (SSSR count). The number of nitrogens with one attached hydrogen (secondary N) is 1. The number of rotatable bonds is 6. The van der Waals surface area contributed by atoms with Crippen LogP contribution in [0.25, 0.3) is 0 Å². The fourth-order valence-electron chi connectivity index (χ4n) is 3.74. The standard InChI is InChI=1S/C21H23BrN2O4S/c1-28-19-10-7-15(13-20(19)29(26,27)23-17-8-9-17)21(25)24-11-3-6-18(24)14-4-2-5-16(22)12-14/h2,4-5,7,10,12-13,17-18,23H,3,6,8-9,11H2,1H3. The zero-order valence-corrected chi connectivity index (χ0v) is 18.5. The predicted octanol–water partition coefficient (Wildman–Crippen LogP) is 3.88. The lowest BCUT2D eigenvalue weighted by Gasteiger charge is -2.26. The SMILES string of the molecule is COc1ccc(C(=O)N2CCCC2c2cccc(Br)c2)cc1S(=O)(=O)NC1CC1. The largest absolute Gasteiger partial charge is 0.495 e. The van der Waals surface area contributed by atoms with E-state index in [4.69, 9.17) is 4.74 Å². The summed E-state index contributed by atoms with van der Waals surface area (Å²) in [5.41, 5.74) is 1.42. The van der Waals surface area contributed by atoms with Gasteiger partial charge in [0.15, 0.2) is 0 Å². The Bertz CT molecular complexity index is 1040. The van der Waals surface area contributed by atoms with Crippen LogP contribution in [-0.2, 0) is 10.0 Å². The van der Waals surface area contributed by atoms with Crippen molar-refractivity contribution in [1.29, 1.82) is 0 Å². The van der Waals surface area contributed by atoms with Crippen LogP contribution in [0.15, 0.2) is 51.8 Å². The second-order valence-electron chi connectivity index (χ2n) is 7.47. The van der Waals surface area contributed by atoms with Crippen LogP contribution in [0.1, 0.15) is 47.6 Å². The van der Waals surface area contributed by atoms with Gasteiger partial charge in [-0.3, -0.25) is 4.79 Å². The van der Waals surface area contributed by atoms with Gasteiger partial charge in [0.05, 0.1) is 13.2 Å². The van der Waals surface area contributed by atoms with Gasteiger partial charge in [0, 0.05) is 22.6 Å². The Kier molecular flexibility index (Phi) is 5.68. The average Bonchev–Trinajstić information content (AvgIpc) is 3.37. The molecule has 6 nitrogen and oxygen atoms in total. The molecule has 0 spiro atoms. The van der Waals surface area contributed by atoms with Crippen LogP contribution in [0.3, 0.4) is 0 Å². The maximum Gasteiger partial charge on any atom is 0.254 e. The number of nitrogens with zero attached hydrogens (tertiary/aromatic N) is 1. The second kappa shape index (κ2) is 8.08. The van der Waals surface area contributed by atoms with E-state index in [1.54, 1.807) is 12.1 Å². The van der Waals surface area contributed by atoms with Gasteiger partial charge >= 0.3 is 0 Å². The molecule has 1 amide bonds. The van der Waals surface area contributed by atoms with Gasteiger partial charge in [-0.2, -0.15) is 0 Å². The Morgan fingerprint density at radius 2 is 1.97 bits per heavy atom. The lowest BCUT2D eigenvalue weighted by atomic mass is 10.0. The van der Waals surface area contributed by atoms with E-state index in [-0.39, 0.29) is 28.6 Å². The molecular formula is C21H23BrN2O4S. The summed E-state index contributed by atoms with van der Waals surface area (Å²) >= 11 is 3.49. The number of hydrogen-bond donors (Lipinski definition) is 1. The van der Waals surface area contributed by atoms with Crippen LogP contribution in [0, 0.1) is 0 Å². The lowest BCUT2D eigenvalue weighted by molar-refractivity contribution is 0.0735. The highest BCUT2D eigenvalue weighted by Gasteiger charge is 2.33. The zero-order chi connectivity index (χ0) is 20.6. The molecule has 2 aliphatic rings. The van der Waals surface area contributed by atoms with Crippen molar-refractivity contribution in [3.05, 3.63) is 58.1 Å². The third-order valence-electron chi connectivity index (χ3n) is 5.35. The van der Waals surface area contributed by atoms with Crippen molar-refractivity contribution in [3.8, 4) is 5.75 Å². The molecule has 1 heterocycles. The van der Waals surface area contributed by atoms with Crippen LogP contribution in [-0.4, -0.2) is 38.9 Å². The van der Waals surface area contributed by atoms with Gasteiger partial charge < -0.3 is 9.64 Å². The molecule has 1 saturated carbocycles. The number of benzene rings is 2. The first-order chi connectivity index (χ1) is 13.9. The molecule has 0 aromatic heterocycles. The Balaban J connectivity index is 1.65. The van der Waals surface area contributed by atoms with E-state index in [0.29, 0.717) is 12.1 Å². The number of likely N-dealkylation sites (tertiary alicyclic amines) is 1. The van der Waals surface area contributed by atoms with Crippen molar-refractivity contribution < 1.29 is 17.9 Å². The Hall–Kier alpha value is -1.90. The van der Waals surface area contributed by atoms with Gasteiger partial charge in [-0.1, -0.05) is 28.1 Å². The molecule has 1 aliphatic heterocycles. The molecule has 29 heavy (non-hydrogen) atoms. The van der Waals surface area contributed by atoms with Crippen LogP contribution in [0.5, 0.6) is 5.75 Å². The summed E-state index contributed by atoms with van der Waals surface area (Å²) < 4.78 is 34.4. The van der Waals surface area contributed by atoms with E-state index in [1.807, 2.05) is 29.2 Å². The van der Waals surface area contributed by atoms with Gasteiger partial charge in [0.2, 0.25) is 10.0 Å². The summed E-state index contributed by atoms with van der Waals surface area (Å²) in [6, 6.07) is 12.5. The molecule has 0 bridgehead atoms. The van der Waals surface area contributed by atoms with Crippen LogP contribution < -0.4 is 9.46 Å². The number of carbonyl (C=O) groups excluding carboxylic acids is 1. The van der Waals surface area contributed by atoms with E-state index in [1.165, 1.54) is 13.2 Å². The molecular weight excluding hydrogens is 456 g/mol. The Morgan fingerprint density at radius 3 is 2.66 bits per heavy atom. The van der Waals surface area contributed by atoms with Crippen molar-refractivity contribution in [3.63, 3.8) is 0 Å². The summed E-state index contributed by atoms with van der Waals surface area (Å²) in [4.78, 5) is 15.1. The quantitative estimate of drug-likeness (QED) is 0.683. The smallest absolute Gasteiger partial charge is 0.254 e. The number of ether oxygens (including phenoxy) is 1. The summed E-state index contributed by atoms with van der Waals surface area (Å²) in [5, 5.41) is 0. The van der Waals surface area contributed by atoms with E-state index in [0.717, 1.165) is 35.7 Å². The van der Waals surface area contributed by atoms with Crippen LogP contribution >= 0.6 is 15.9 Å². The molecule has 1 aliphatic carbocycles. The average molecular weight is 479 g/mol. The normalized spacial score (nSPS) is 19.4. The maximum absolute atomic E-state index is 13.3. The van der Waals surface area contributed by atoms with Gasteiger partial charge in [0.1, 0.15) is 10.6 Å². The van der Waals surface area contributed by atoms with Crippen LogP contribution in [0.2, 0.25) is 0 Å². The third kappa shape index (κ3) is 4.34. The van der Waals surface area contributed by atoms with Gasteiger partial charge in [0.25, 0.3) is 5.91 Å². The molecule has 154 valence electrons. The minimum atomic E-state index is -3.74. The monoisotopic (exact) mass is 478 g/mol. The molecule has 2 aromatic carbocycles.